The summed E-state index contributed by atoms with van der Waals surface area (Å²) in [6.07, 6.45) is -3.87. The molecule has 0 saturated heterocycles. The van der Waals surface area contributed by atoms with Crippen molar-refractivity contribution in [1.82, 2.24) is 5.16 Å². The molecule has 0 unspecified atom stereocenters. The van der Waals surface area contributed by atoms with E-state index in [1.54, 1.807) is 0 Å². The molecule has 0 aliphatic carbocycles. The summed E-state index contributed by atoms with van der Waals surface area (Å²) >= 11 is 0. The SMILES string of the molecule is O=C(O)C(F)(F)F.O=C(O)c1ccon1. The van der Waals surface area contributed by atoms with Gasteiger partial charge in [-0.2, -0.15) is 13.2 Å². The Kier molecular flexibility index (Phi) is 4.30. The van der Waals surface area contributed by atoms with Gasteiger partial charge in [0.15, 0.2) is 5.69 Å². The van der Waals surface area contributed by atoms with E-state index < -0.39 is 18.1 Å². The summed E-state index contributed by atoms with van der Waals surface area (Å²) in [6.45, 7) is 0. The van der Waals surface area contributed by atoms with Crippen LogP contribution in [0.5, 0.6) is 0 Å². The smallest absolute Gasteiger partial charge is 0.476 e. The van der Waals surface area contributed by atoms with Gasteiger partial charge in [-0.3, -0.25) is 0 Å². The maximum Gasteiger partial charge on any atom is 0.490 e. The van der Waals surface area contributed by atoms with E-state index >= 15 is 0 Å². The molecular formula is C6H4F3NO5. The molecule has 0 amide bonds. The van der Waals surface area contributed by atoms with Crippen LogP contribution in [0.25, 0.3) is 0 Å². The number of carboxylic acid groups (broad SMARTS) is 2. The van der Waals surface area contributed by atoms with Gasteiger partial charge in [0, 0.05) is 6.07 Å². The Morgan fingerprint density at radius 3 is 1.93 bits per heavy atom. The fraction of sp³-hybridized carbons (Fsp3) is 0.167. The van der Waals surface area contributed by atoms with Crippen molar-refractivity contribution in [3.8, 4) is 0 Å². The molecule has 15 heavy (non-hydrogen) atoms. The second kappa shape index (κ2) is 4.98. The number of aromatic carboxylic acids is 1. The lowest BCUT2D eigenvalue weighted by molar-refractivity contribution is -0.192. The van der Waals surface area contributed by atoms with Crippen molar-refractivity contribution in [2.24, 2.45) is 0 Å². The summed E-state index contributed by atoms with van der Waals surface area (Å²) in [4.78, 5) is 18.8. The van der Waals surface area contributed by atoms with Gasteiger partial charge in [0.05, 0.1) is 0 Å². The number of carboxylic acids is 2. The lowest BCUT2D eigenvalue weighted by Crippen LogP contribution is -2.21. The summed E-state index contributed by atoms with van der Waals surface area (Å²) in [5.74, 6) is -3.83. The predicted octanol–water partition coefficient (Wildman–Crippen LogP) is 1.01. The van der Waals surface area contributed by atoms with Crippen LogP contribution in [0.4, 0.5) is 13.2 Å². The van der Waals surface area contributed by atoms with Crippen LogP contribution in [0.15, 0.2) is 16.9 Å². The average Bonchev–Trinajstić information content (AvgIpc) is 2.54. The Bertz CT molecular complexity index is 331. The lowest BCUT2D eigenvalue weighted by Gasteiger charge is -1.93. The maximum absolute atomic E-state index is 10.6. The van der Waals surface area contributed by atoms with E-state index in [-0.39, 0.29) is 5.69 Å². The summed E-state index contributed by atoms with van der Waals surface area (Å²) in [5, 5.41) is 18.4. The zero-order valence-electron chi connectivity index (χ0n) is 6.85. The van der Waals surface area contributed by atoms with Gasteiger partial charge in [0.2, 0.25) is 0 Å². The van der Waals surface area contributed by atoms with E-state index in [1.807, 2.05) is 0 Å². The van der Waals surface area contributed by atoms with Crippen LogP contribution in [0.2, 0.25) is 0 Å². The molecule has 1 heterocycles. The molecule has 0 radical (unpaired) electrons. The van der Waals surface area contributed by atoms with Crippen molar-refractivity contribution in [2.75, 3.05) is 0 Å². The molecule has 9 heteroatoms. The van der Waals surface area contributed by atoms with Crippen molar-refractivity contribution in [2.45, 2.75) is 6.18 Å². The minimum Gasteiger partial charge on any atom is -0.476 e. The Balaban J connectivity index is 0.000000265. The van der Waals surface area contributed by atoms with Gasteiger partial charge in [-0.15, -0.1) is 0 Å². The van der Waals surface area contributed by atoms with Gasteiger partial charge < -0.3 is 14.7 Å². The number of halogens is 3. The molecule has 0 aliphatic rings. The second-order valence-electron chi connectivity index (χ2n) is 1.99. The fourth-order valence-electron chi connectivity index (χ4n) is 0.323. The van der Waals surface area contributed by atoms with Gasteiger partial charge in [-0.1, -0.05) is 5.16 Å². The van der Waals surface area contributed by atoms with Gasteiger partial charge >= 0.3 is 18.1 Å². The highest BCUT2D eigenvalue weighted by Gasteiger charge is 2.38. The molecule has 2 N–H and O–H groups in total. The molecular weight excluding hydrogens is 223 g/mol. The van der Waals surface area contributed by atoms with Gasteiger partial charge in [0.1, 0.15) is 6.26 Å². The fourth-order valence-corrected chi connectivity index (χ4v) is 0.323. The van der Waals surface area contributed by atoms with E-state index in [4.69, 9.17) is 15.0 Å². The standard InChI is InChI=1S/C4H3NO3.C2HF3O2/c6-4(7)3-1-2-8-5-3;3-2(4,5)1(6)7/h1-2H,(H,6,7);(H,6,7). The zero-order valence-corrected chi connectivity index (χ0v) is 6.85. The molecule has 1 rings (SSSR count). The predicted molar refractivity (Wildman–Crippen MR) is 37.2 cm³/mol. The Morgan fingerprint density at radius 2 is 1.80 bits per heavy atom. The molecule has 0 aromatic carbocycles. The number of alkyl halides is 3. The number of hydrogen-bond donors (Lipinski definition) is 2. The highest BCUT2D eigenvalue weighted by molar-refractivity contribution is 5.84. The van der Waals surface area contributed by atoms with E-state index in [2.05, 4.69) is 9.68 Å². The number of carbonyl (C=O) groups is 2. The molecule has 1 aromatic rings. The number of aliphatic carboxylic acids is 1. The first-order chi connectivity index (χ1) is 6.75. The Labute approximate surface area is 79.9 Å². The minimum atomic E-state index is -5.08. The summed E-state index contributed by atoms with van der Waals surface area (Å²) in [5.41, 5.74) is -0.0648. The highest BCUT2D eigenvalue weighted by Crippen LogP contribution is 2.13. The molecule has 0 bridgehead atoms. The Morgan fingerprint density at radius 1 is 1.33 bits per heavy atom. The zero-order chi connectivity index (χ0) is 12.1. The van der Waals surface area contributed by atoms with Gasteiger partial charge in [-0.25, -0.2) is 9.59 Å². The second-order valence-corrected chi connectivity index (χ2v) is 1.99. The highest BCUT2D eigenvalue weighted by atomic mass is 19.4. The van der Waals surface area contributed by atoms with Crippen LogP contribution >= 0.6 is 0 Å². The van der Waals surface area contributed by atoms with Crippen molar-refractivity contribution >= 4 is 11.9 Å². The first-order valence-electron chi connectivity index (χ1n) is 3.19. The van der Waals surface area contributed by atoms with Crippen LogP contribution in [0.3, 0.4) is 0 Å². The molecule has 0 spiro atoms. The monoisotopic (exact) mass is 227 g/mol. The maximum atomic E-state index is 10.6. The average molecular weight is 227 g/mol. The van der Waals surface area contributed by atoms with Crippen molar-refractivity contribution in [3.05, 3.63) is 18.0 Å². The van der Waals surface area contributed by atoms with E-state index in [9.17, 15) is 18.0 Å². The molecule has 84 valence electrons. The van der Waals surface area contributed by atoms with Gasteiger partial charge in [-0.05, 0) is 0 Å². The third-order valence-corrected chi connectivity index (χ3v) is 0.899. The molecule has 6 nitrogen and oxygen atoms in total. The normalized spacial score (nSPS) is 10.1. The van der Waals surface area contributed by atoms with Crippen LogP contribution in [-0.2, 0) is 4.79 Å². The number of hydrogen-bond acceptors (Lipinski definition) is 4. The first kappa shape index (κ1) is 12.9. The lowest BCUT2D eigenvalue weighted by atomic mass is 10.5. The minimum absolute atomic E-state index is 0.0648. The summed E-state index contributed by atoms with van der Waals surface area (Å²) < 4.78 is 36.0. The largest absolute Gasteiger partial charge is 0.490 e. The number of rotatable bonds is 1. The summed E-state index contributed by atoms with van der Waals surface area (Å²) in [6, 6.07) is 1.28. The van der Waals surface area contributed by atoms with Crippen molar-refractivity contribution < 1.29 is 37.5 Å². The van der Waals surface area contributed by atoms with Crippen LogP contribution < -0.4 is 0 Å². The van der Waals surface area contributed by atoms with E-state index in [0.29, 0.717) is 0 Å². The summed E-state index contributed by atoms with van der Waals surface area (Å²) in [7, 11) is 0. The number of nitrogens with zero attached hydrogens (tertiary/aromatic N) is 1. The van der Waals surface area contributed by atoms with Crippen LogP contribution in [0, 0.1) is 0 Å². The third-order valence-electron chi connectivity index (χ3n) is 0.899. The topological polar surface area (TPSA) is 101 Å². The quantitative estimate of drug-likeness (QED) is 0.742. The van der Waals surface area contributed by atoms with Crippen LogP contribution in [-0.4, -0.2) is 33.5 Å². The van der Waals surface area contributed by atoms with Gasteiger partial charge in [0.25, 0.3) is 0 Å². The molecule has 1 aromatic heterocycles. The third kappa shape index (κ3) is 5.29. The molecule has 0 aliphatic heterocycles. The van der Waals surface area contributed by atoms with E-state index in [0.717, 1.165) is 0 Å². The van der Waals surface area contributed by atoms with Crippen molar-refractivity contribution in [3.63, 3.8) is 0 Å². The molecule has 0 saturated carbocycles. The first-order valence-corrected chi connectivity index (χ1v) is 3.19. The number of aromatic nitrogens is 1. The molecule has 0 fully saturated rings. The Hall–Kier alpha value is -2.06. The van der Waals surface area contributed by atoms with Crippen LogP contribution in [0.1, 0.15) is 10.5 Å². The van der Waals surface area contributed by atoms with Crippen molar-refractivity contribution in [1.29, 1.82) is 0 Å². The van der Waals surface area contributed by atoms with E-state index in [1.165, 1.54) is 12.3 Å². The molecule has 0 atom stereocenters.